The summed E-state index contributed by atoms with van der Waals surface area (Å²) in [5.41, 5.74) is -0.861. The molecule has 0 amide bonds. The third-order valence-corrected chi connectivity index (χ3v) is 2.55. The maximum absolute atomic E-state index is 10.9. The zero-order valence-electron chi connectivity index (χ0n) is 8.97. The number of carbonyl (C=O) groups is 1. The van der Waals surface area contributed by atoms with Crippen LogP contribution < -0.4 is 5.32 Å². The van der Waals surface area contributed by atoms with Crippen molar-refractivity contribution in [2.24, 2.45) is 0 Å². The quantitative estimate of drug-likeness (QED) is 0.700. The highest BCUT2D eigenvalue weighted by molar-refractivity contribution is 5.78. The molecule has 0 fully saturated rings. The van der Waals surface area contributed by atoms with Gasteiger partial charge in [0.2, 0.25) is 0 Å². The molecule has 0 spiro atoms. The van der Waals surface area contributed by atoms with Crippen LogP contribution in [0.2, 0.25) is 0 Å². The van der Waals surface area contributed by atoms with Crippen molar-refractivity contribution in [2.45, 2.75) is 31.8 Å². The summed E-state index contributed by atoms with van der Waals surface area (Å²) in [7, 11) is 1.66. The number of carboxylic acids is 1. The van der Waals surface area contributed by atoms with Crippen LogP contribution in [0.3, 0.4) is 0 Å². The molecule has 0 aliphatic carbocycles. The van der Waals surface area contributed by atoms with E-state index in [1.807, 2.05) is 0 Å². The summed E-state index contributed by atoms with van der Waals surface area (Å²) in [6.45, 7) is 2.36. The van der Waals surface area contributed by atoms with Gasteiger partial charge in [0, 0.05) is 6.54 Å². The van der Waals surface area contributed by atoms with Gasteiger partial charge in [0.25, 0.3) is 0 Å². The molecule has 6 nitrogen and oxygen atoms in total. The van der Waals surface area contributed by atoms with Gasteiger partial charge in [-0.2, -0.15) is 5.10 Å². The van der Waals surface area contributed by atoms with Gasteiger partial charge in [-0.05, 0) is 26.8 Å². The maximum Gasteiger partial charge on any atom is 0.323 e. The lowest BCUT2D eigenvalue weighted by molar-refractivity contribution is -0.144. The Bertz CT molecular complexity index is 312. The van der Waals surface area contributed by atoms with Crippen molar-refractivity contribution >= 4 is 5.97 Å². The number of hydrogen-bond acceptors (Lipinski definition) is 4. The van der Waals surface area contributed by atoms with Crippen LogP contribution in [0.25, 0.3) is 0 Å². The summed E-state index contributed by atoms with van der Waals surface area (Å²) in [6, 6.07) is 0. The molecule has 6 heteroatoms. The van der Waals surface area contributed by atoms with Crippen LogP contribution in [0.1, 0.15) is 19.8 Å². The minimum atomic E-state index is -0.861. The van der Waals surface area contributed by atoms with Crippen LogP contribution in [0.15, 0.2) is 12.7 Å². The molecule has 1 rings (SSSR count). The molecule has 0 aliphatic heterocycles. The van der Waals surface area contributed by atoms with Gasteiger partial charge < -0.3 is 10.4 Å². The highest BCUT2D eigenvalue weighted by Gasteiger charge is 2.30. The lowest BCUT2D eigenvalue weighted by Crippen LogP contribution is -2.47. The molecule has 2 N–H and O–H groups in total. The largest absolute Gasteiger partial charge is 0.480 e. The van der Waals surface area contributed by atoms with Gasteiger partial charge in [0.1, 0.15) is 18.2 Å². The molecule has 0 bridgehead atoms. The van der Waals surface area contributed by atoms with Crippen LogP contribution in [0.4, 0.5) is 0 Å². The number of aryl methyl sites for hydroxylation is 1. The fourth-order valence-electron chi connectivity index (χ4n) is 1.28. The predicted octanol–water partition coefficient (Wildman–Crippen LogP) is 0.121. The number of carboxylic acid groups (broad SMARTS) is 1. The van der Waals surface area contributed by atoms with Gasteiger partial charge >= 0.3 is 5.97 Å². The predicted molar refractivity (Wildman–Crippen MR) is 54.4 cm³/mol. The number of aliphatic carboxylic acids is 1. The third kappa shape index (κ3) is 3.02. The first kappa shape index (κ1) is 11.6. The van der Waals surface area contributed by atoms with E-state index in [-0.39, 0.29) is 0 Å². The number of hydrogen-bond donors (Lipinski definition) is 2. The summed E-state index contributed by atoms with van der Waals surface area (Å²) in [6.07, 6.45) is 4.39. The molecule has 1 aromatic rings. The van der Waals surface area contributed by atoms with Gasteiger partial charge in [-0.15, -0.1) is 0 Å². The SMILES string of the molecule is CNC(C)(CCCn1cncn1)C(=O)O. The Hall–Kier alpha value is -1.43. The van der Waals surface area contributed by atoms with Gasteiger partial charge in [-0.1, -0.05) is 0 Å². The third-order valence-electron chi connectivity index (χ3n) is 2.55. The van der Waals surface area contributed by atoms with E-state index in [4.69, 9.17) is 5.11 Å². The molecule has 1 unspecified atom stereocenters. The van der Waals surface area contributed by atoms with Gasteiger partial charge in [-0.25, -0.2) is 4.98 Å². The maximum atomic E-state index is 10.9. The number of likely N-dealkylation sites (N-methyl/N-ethyl adjacent to an activating group) is 1. The Morgan fingerprint density at radius 3 is 2.87 bits per heavy atom. The molecule has 0 aromatic carbocycles. The fraction of sp³-hybridized carbons (Fsp3) is 0.667. The average molecular weight is 212 g/mol. The minimum Gasteiger partial charge on any atom is -0.480 e. The first-order valence-electron chi connectivity index (χ1n) is 4.83. The summed E-state index contributed by atoms with van der Waals surface area (Å²) in [5.74, 6) is -0.830. The highest BCUT2D eigenvalue weighted by Crippen LogP contribution is 2.12. The molecule has 84 valence electrons. The zero-order chi connectivity index (χ0) is 11.3. The van der Waals surface area contributed by atoms with Gasteiger partial charge in [0.15, 0.2) is 0 Å². The Balaban J connectivity index is 2.38. The Morgan fingerprint density at radius 1 is 1.67 bits per heavy atom. The van der Waals surface area contributed by atoms with E-state index in [0.29, 0.717) is 13.0 Å². The van der Waals surface area contributed by atoms with Crippen LogP contribution >= 0.6 is 0 Å². The lowest BCUT2D eigenvalue weighted by atomic mass is 9.96. The van der Waals surface area contributed by atoms with Gasteiger partial charge in [-0.3, -0.25) is 9.48 Å². The molecule has 0 saturated heterocycles. The minimum absolute atomic E-state index is 0.554. The Morgan fingerprint density at radius 2 is 2.40 bits per heavy atom. The first-order valence-corrected chi connectivity index (χ1v) is 4.83. The number of nitrogens with zero attached hydrogens (tertiary/aromatic N) is 3. The molecule has 1 heterocycles. The Labute approximate surface area is 88.3 Å². The van der Waals surface area contributed by atoms with E-state index in [0.717, 1.165) is 6.42 Å². The smallest absolute Gasteiger partial charge is 0.323 e. The Kier molecular flexibility index (Phi) is 3.79. The average Bonchev–Trinajstić information content (AvgIpc) is 2.70. The summed E-state index contributed by atoms with van der Waals surface area (Å²) in [5, 5.41) is 15.7. The van der Waals surface area contributed by atoms with Crippen LogP contribution in [-0.4, -0.2) is 38.4 Å². The standard InChI is InChI=1S/C9H16N4O2/c1-9(10-2,8(14)15)4-3-5-13-7-11-6-12-13/h6-7,10H,3-5H2,1-2H3,(H,14,15). The van der Waals surface area contributed by atoms with E-state index in [9.17, 15) is 4.79 Å². The van der Waals surface area contributed by atoms with Crippen molar-refractivity contribution in [1.29, 1.82) is 0 Å². The first-order chi connectivity index (χ1) is 7.08. The second kappa shape index (κ2) is 4.88. The molecule has 0 saturated carbocycles. The summed E-state index contributed by atoms with van der Waals surface area (Å²) in [4.78, 5) is 14.8. The highest BCUT2D eigenvalue weighted by atomic mass is 16.4. The topological polar surface area (TPSA) is 80.0 Å². The summed E-state index contributed by atoms with van der Waals surface area (Å²) >= 11 is 0. The number of nitrogens with one attached hydrogen (secondary N) is 1. The molecular weight excluding hydrogens is 196 g/mol. The van der Waals surface area contributed by atoms with E-state index >= 15 is 0 Å². The molecule has 15 heavy (non-hydrogen) atoms. The van der Waals surface area contributed by atoms with Crippen molar-refractivity contribution in [1.82, 2.24) is 20.1 Å². The number of rotatable bonds is 6. The monoisotopic (exact) mass is 212 g/mol. The van der Waals surface area contributed by atoms with E-state index in [2.05, 4.69) is 15.4 Å². The van der Waals surface area contributed by atoms with E-state index in [1.165, 1.54) is 6.33 Å². The van der Waals surface area contributed by atoms with Crippen molar-refractivity contribution in [3.05, 3.63) is 12.7 Å². The fourth-order valence-corrected chi connectivity index (χ4v) is 1.28. The van der Waals surface area contributed by atoms with Crippen molar-refractivity contribution < 1.29 is 9.90 Å². The zero-order valence-corrected chi connectivity index (χ0v) is 8.97. The second-order valence-electron chi connectivity index (χ2n) is 3.65. The van der Waals surface area contributed by atoms with Crippen molar-refractivity contribution in [2.75, 3.05) is 7.05 Å². The molecular formula is C9H16N4O2. The molecule has 0 radical (unpaired) electrons. The molecule has 0 aliphatic rings. The molecule has 1 atom stereocenters. The summed E-state index contributed by atoms with van der Waals surface area (Å²) < 4.78 is 1.69. The van der Waals surface area contributed by atoms with E-state index < -0.39 is 11.5 Å². The van der Waals surface area contributed by atoms with Crippen molar-refractivity contribution in [3.63, 3.8) is 0 Å². The van der Waals surface area contributed by atoms with Gasteiger partial charge in [0.05, 0.1) is 0 Å². The van der Waals surface area contributed by atoms with Crippen LogP contribution in [0, 0.1) is 0 Å². The van der Waals surface area contributed by atoms with Crippen LogP contribution in [0.5, 0.6) is 0 Å². The van der Waals surface area contributed by atoms with Crippen LogP contribution in [-0.2, 0) is 11.3 Å². The van der Waals surface area contributed by atoms with Crippen molar-refractivity contribution in [3.8, 4) is 0 Å². The number of aromatic nitrogens is 3. The second-order valence-corrected chi connectivity index (χ2v) is 3.65. The molecule has 1 aromatic heterocycles. The normalized spacial score (nSPS) is 14.8. The lowest BCUT2D eigenvalue weighted by Gasteiger charge is -2.23. The van der Waals surface area contributed by atoms with E-state index in [1.54, 1.807) is 25.0 Å².